The van der Waals surface area contributed by atoms with Gasteiger partial charge in [-0.15, -0.1) is 0 Å². The van der Waals surface area contributed by atoms with Crippen molar-refractivity contribution in [3.8, 4) is 5.75 Å². The number of amides is 1. The van der Waals surface area contributed by atoms with Crippen molar-refractivity contribution in [3.05, 3.63) is 22.7 Å². The van der Waals surface area contributed by atoms with Crippen LogP contribution in [0.4, 0.5) is 10.5 Å². The maximum absolute atomic E-state index is 11.5. The van der Waals surface area contributed by atoms with Crippen LogP contribution in [0.1, 0.15) is 10.4 Å². The normalized spacial score (nSPS) is 9.84. The largest absolute Gasteiger partial charge is 0.496 e. The first-order chi connectivity index (χ1) is 9.12. The van der Waals surface area contributed by atoms with Gasteiger partial charge in [0, 0.05) is 12.6 Å². The van der Waals surface area contributed by atoms with E-state index in [0.29, 0.717) is 29.8 Å². The van der Waals surface area contributed by atoms with Gasteiger partial charge in [0.1, 0.15) is 12.4 Å². The molecule has 0 saturated carbocycles. The van der Waals surface area contributed by atoms with Crippen LogP contribution >= 0.6 is 11.6 Å². The summed E-state index contributed by atoms with van der Waals surface area (Å²) in [4.78, 5) is 22.3. The zero-order valence-corrected chi connectivity index (χ0v) is 11.4. The smallest absolute Gasteiger partial charge is 0.411 e. The van der Waals surface area contributed by atoms with Crippen LogP contribution in [0.15, 0.2) is 12.1 Å². The third-order valence-corrected chi connectivity index (χ3v) is 2.58. The molecule has 1 aromatic rings. The van der Waals surface area contributed by atoms with Crippen LogP contribution in [0, 0.1) is 0 Å². The first-order valence-electron chi connectivity index (χ1n) is 5.53. The molecule has 0 heterocycles. The number of likely N-dealkylation sites (N-methyl/N-ethyl adjacent to an activating group) is 1. The molecule has 0 fully saturated rings. The van der Waals surface area contributed by atoms with E-state index in [9.17, 15) is 9.59 Å². The van der Waals surface area contributed by atoms with Crippen molar-refractivity contribution in [3.63, 3.8) is 0 Å². The summed E-state index contributed by atoms with van der Waals surface area (Å²) in [6.45, 7) is 0.790. The lowest BCUT2D eigenvalue weighted by atomic mass is 10.2. The molecule has 0 aliphatic rings. The Labute approximate surface area is 116 Å². The van der Waals surface area contributed by atoms with E-state index in [1.807, 2.05) is 0 Å². The van der Waals surface area contributed by atoms with E-state index in [1.165, 1.54) is 19.2 Å². The van der Waals surface area contributed by atoms with Gasteiger partial charge in [-0.25, -0.2) is 4.79 Å². The summed E-state index contributed by atoms with van der Waals surface area (Å²) in [7, 11) is 3.17. The highest BCUT2D eigenvalue weighted by molar-refractivity contribution is 6.34. The van der Waals surface area contributed by atoms with Crippen molar-refractivity contribution in [1.29, 1.82) is 0 Å². The number of benzene rings is 1. The minimum atomic E-state index is -0.627. The van der Waals surface area contributed by atoms with E-state index in [1.54, 1.807) is 7.05 Å². The summed E-state index contributed by atoms with van der Waals surface area (Å²) in [5.41, 5.74) is 0.625. The fourth-order valence-electron chi connectivity index (χ4n) is 1.33. The van der Waals surface area contributed by atoms with Crippen LogP contribution in [-0.4, -0.2) is 39.7 Å². The molecule has 2 N–H and O–H groups in total. The van der Waals surface area contributed by atoms with Crippen LogP contribution in [0.25, 0.3) is 0 Å². The Kier molecular flexibility index (Phi) is 6.11. The molecule has 7 heteroatoms. The van der Waals surface area contributed by atoms with Crippen molar-refractivity contribution < 1.29 is 19.1 Å². The SMILES string of the molecule is CNCCOC(=O)Nc1cc(OC)c(C=O)cc1Cl. The standard InChI is InChI=1S/C12H15ClN2O4/c1-14-3-4-19-12(17)15-10-6-11(18-2)8(7-16)5-9(10)13/h5-7,14H,3-4H2,1-2H3,(H,15,17). The minimum Gasteiger partial charge on any atom is -0.496 e. The van der Waals surface area contributed by atoms with Crippen molar-refractivity contribution in [2.75, 3.05) is 32.6 Å². The molecule has 0 radical (unpaired) electrons. The number of aldehydes is 1. The lowest BCUT2D eigenvalue weighted by Gasteiger charge is -2.11. The number of nitrogens with one attached hydrogen (secondary N) is 2. The molecular formula is C12H15ClN2O4. The van der Waals surface area contributed by atoms with Gasteiger partial charge in [-0.05, 0) is 13.1 Å². The molecule has 1 amide bonds. The van der Waals surface area contributed by atoms with E-state index in [-0.39, 0.29) is 11.6 Å². The number of halogens is 1. The molecular weight excluding hydrogens is 272 g/mol. The Balaban J connectivity index is 2.78. The van der Waals surface area contributed by atoms with Gasteiger partial charge in [-0.1, -0.05) is 11.6 Å². The second-order valence-corrected chi connectivity index (χ2v) is 3.96. The second kappa shape index (κ2) is 7.60. The van der Waals surface area contributed by atoms with Gasteiger partial charge in [-0.2, -0.15) is 0 Å². The Morgan fingerprint density at radius 2 is 2.21 bits per heavy atom. The zero-order valence-electron chi connectivity index (χ0n) is 10.7. The number of carbonyl (C=O) groups is 2. The highest BCUT2D eigenvalue weighted by atomic mass is 35.5. The molecule has 104 valence electrons. The number of anilines is 1. The maximum Gasteiger partial charge on any atom is 0.411 e. The molecule has 19 heavy (non-hydrogen) atoms. The molecule has 0 atom stereocenters. The van der Waals surface area contributed by atoms with E-state index in [2.05, 4.69) is 10.6 Å². The highest BCUT2D eigenvalue weighted by Crippen LogP contribution is 2.30. The zero-order chi connectivity index (χ0) is 14.3. The van der Waals surface area contributed by atoms with Crippen LogP contribution in [0.3, 0.4) is 0 Å². The van der Waals surface area contributed by atoms with E-state index < -0.39 is 6.09 Å². The highest BCUT2D eigenvalue weighted by Gasteiger charge is 2.11. The Bertz CT molecular complexity index is 465. The molecule has 6 nitrogen and oxygen atoms in total. The van der Waals surface area contributed by atoms with Gasteiger partial charge in [0.05, 0.1) is 23.4 Å². The molecule has 0 unspecified atom stereocenters. The molecule has 1 aromatic carbocycles. The Morgan fingerprint density at radius 1 is 1.47 bits per heavy atom. The summed E-state index contributed by atoms with van der Waals surface area (Å²) in [6.07, 6.45) is -0.00207. The number of hydrogen-bond acceptors (Lipinski definition) is 5. The van der Waals surface area contributed by atoms with Gasteiger partial charge in [0.25, 0.3) is 0 Å². The molecule has 0 aliphatic carbocycles. The third kappa shape index (κ3) is 4.42. The van der Waals surface area contributed by atoms with Gasteiger partial charge in [0.2, 0.25) is 0 Å². The van der Waals surface area contributed by atoms with Crippen LogP contribution in [0.5, 0.6) is 5.75 Å². The van der Waals surface area contributed by atoms with Gasteiger partial charge in [0.15, 0.2) is 6.29 Å². The molecule has 0 aliphatic heterocycles. The fourth-order valence-corrected chi connectivity index (χ4v) is 1.54. The van der Waals surface area contributed by atoms with Crippen LogP contribution in [0.2, 0.25) is 5.02 Å². The first kappa shape index (κ1) is 15.3. The monoisotopic (exact) mass is 286 g/mol. The molecule has 0 saturated heterocycles. The predicted octanol–water partition coefficient (Wildman–Crippen LogP) is 1.93. The lowest BCUT2D eigenvalue weighted by molar-refractivity contribution is 0.112. The number of methoxy groups -OCH3 is 1. The summed E-state index contributed by atoms with van der Waals surface area (Å²) in [6, 6.07) is 2.88. The van der Waals surface area contributed by atoms with Crippen molar-refractivity contribution >= 4 is 29.7 Å². The van der Waals surface area contributed by atoms with Crippen molar-refractivity contribution in [1.82, 2.24) is 5.32 Å². The molecule has 0 spiro atoms. The number of carbonyl (C=O) groups excluding carboxylic acids is 2. The number of rotatable bonds is 6. The molecule has 0 bridgehead atoms. The van der Waals surface area contributed by atoms with Gasteiger partial charge < -0.3 is 14.8 Å². The van der Waals surface area contributed by atoms with E-state index in [4.69, 9.17) is 21.1 Å². The van der Waals surface area contributed by atoms with Crippen LogP contribution < -0.4 is 15.4 Å². The topological polar surface area (TPSA) is 76.7 Å². The van der Waals surface area contributed by atoms with E-state index in [0.717, 1.165) is 0 Å². The van der Waals surface area contributed by atoms with Crippen LogP contribution in [-0.2, 0) is 4.74 Å². The Morgan fingerprint density at radius 3 is 2.79 bits per heavy atom. The summed E-state index contributed by atoms with van der Waals surface area (Å²) >= 11 is 5.95. The van der Waals surface area contributed by atoms with E-state index >= 15 is 0 Å². The average Bonchev–Trinajstić information content (AvgIpc) is 2.40. The quantitative estimate of drug-likeness (QED) is 0.617. The summed E-state index contributed by atoms with van der Waals surface area (Å²) in [5, 5.41) is 5.55. The number of ether oxygens (including phenoxy) is 2. The number of hydrogen-bond donors (Lipinski definition) is 2. The molecule has 1 rings (SSSR count). The molecule has 0 aromatic heterocycles. The third-order valence-electron chi connectivity index (χ3n) is 2.27. The van der Waals surface area contributed by atoms with Gasteiger partial charge in [-0.3, -0.25) is 10.1 Å². The summed E-state index contributed by atoms with van der Waals surface area (Å²) in [5.74, 6) is 0.324. The van der Waals surface area contributed by atoms with Crippen molar-refractivity contribution in [2.24, 2.45) is 0 Å². The average molecular weight is 287 g/mol. The predicted molar refractivity (Wildman–Crippen MR) is 72.3 cm³/mol. The maximum atomic E-state index is 11.5. The Hall–Kier alpha value is -1.79. The first-order valence-corrected chi connectivity index (χ1v) is 5.91. The van der Waals surface area contributed by atoms with Gasteiger partial charge >= 0.3 is 6.09 Å². The van der Waals surface area contributed by atoms with Crippen molar-refractivity contribution in [2.45, 2.75) is 0 Å². The minimum absolute atomic E-state index is 0.230. The summed E-state index contributed by atoms with van der Waals surface area (Å²) < 4.78 is 9.91. The lowest BCUT2D eigenvalue weighted by Crippen LogP contribution is -2.20. The second-order valence-electron chi connectivity index (χ2n) is 3.56. The fraction of sp³-hybridized carbons (Fsp3) is 0.333.